The van der Waals surface area contributed by atoms with Crippen molar-refractivity contribution in [2.75, 3.05) is 18.4 Å². The molecule has 0 fully saturated rings. The van der Waals surface area contributed by atoms with Crippen molar-refractivity contribution in [1.29, 1.82) is 0 Å². The highest BCUT2D eigenvalue weighted by Crippen LogP contribution is 2.45. The Morgan fingerprint density at radius 3 is 2.84 bits per heavy atom. The minimum absolute atomic E-state index is 0.168. The Hall–Kier alpha value is -2.55. The summed E-state index contributed by atoms with van der Waals surface area (Å²) in [7, 11) is 0. The summed E-state index contributed by atoms with van der Waals surface area (Å²) in [6.45, 7) is 8.05. The normalized spacial score (nSPS) is 14.1. The summed E-state index contributed by atoms with van der Waals surface area (Å²) in [6.07, 6.45) is 3.97. The number of hydrogen-bond acceptors (Lipinski definition) is 6. The second kappa shape index (κ2) is 8.53. The Morgan fingerprint density at radius 2 is 2.06 bits per heavy atom. The van der Waals surface area contributed by atoms with Crippen molar-refractivity contribution in [3.8, 4) is 10.6 Å². The van der Waals surface area contributed by atoms with Gasteiger partial charge in [0.25, 0.3) is 5.91 Å². The number of aryl methyl sites for hydroxylation is 1. The Balaban J connectivity index is 1.55. The summed E-state index contributed by atoms with van der Waals surface area (Å²) in [5.41, 5.74) is 3.88. The molecule has 8 heteroatoms. The first-order chi connectivity index (χ1) is 15.2. The van der Waals surface area contributed by atoms with Crippen LogP contribution in [0.15, 0.2) is 36.5 Å². The fourth-order valence-electron chi connectivity index (χ4n) is 4.08. The molecule has 1 amide bonds. The molecule has 5 rings (SSSR count). The van der Waals surface area contributed by atoms with E-state index in [2.05, 4.69) is 28.3 Å². The van der Waals surface area contributed by atoms with Crippen LogP contribution < -0.4 is 5.32 Å². The van der Waals surface area contributed by atoms with Gasteiger partial charge in [-0.1, -0.05) is 19.1 Å². The van der Waals surface area contributed by atoms with Crippen molar-refractivity contribution in [3.05, 3.63) is 52.7 Å². The lowest BCUT2D eigenvalue weighted by molar-refractivity contribution is 0.102. The summed E-state index contributed by atoms with van der Waals surface area (Å²) in [5.74, 6) is -0.168. The number of nitrogens with zero attached hydrogens (tertiary/aromatic N) is 4. The molecule has 0 unspecified atom stereocenters. The fraction of sp³-hybridized carbons (Fsp3) is 0.348. The van der Waals surface area contributed by atoms with Gasteiger partial charge in [0.15, 0.2) is 5.69 Å². The van der Waals surface area contributed by atoms with Gasteiger partial charge >= 0.3 is 0 Å². The van der Waals surface area contributed by atoms with Crippen molar-refractivity contribution in [2.24, 2.45) is 0 Å². The lowest BCUT2D eigenvalue weighted by atomic mass is 10.0. The van der Waals surface area contributed by atoms with Crippen LogP contribution in [0, 0.1) is 0 Å². The fourth-order valence-corrected chi connectivity index (χ4v) is 6.48. The molecule has 3 aromatic heterocycles. The number of fused-ring (bicyclic) bond motifs is 2. The first-order valence-electron chi connectivity index (χ1n) is 10.7. The molecule has 4 aromatic rings. The topological polar surface area (TPSA) is 63.1 Å². The number of amides is 1. The van der Waals surface area contributed by atoms with E-state index in [0.717, 1.165) is 60.1 Å². The molecule has 4 heterocycles. The minimum atomic E-state index is -0.168. The molecule has 0 spiro atoms. The molecule has 160 valence electrons. The Kier molecular flexibility index (Phi) is 5.60. The average Bonchev–Trinajstić information content (AvgIpc) is 3.49. The Morgan fingerprint density at radius 1 is 1.19 bits per heavy atom. The van der Waals surface area contributed by atoms with E-state index in [-0.39, 0.29) is 5.91 Å². The van der Waals surface area contributed by atoms with Crippen LogP contribution in [0.25, 0.3) is 20.8 Å². The lowest BCUT2D eigenvalue weighted by Gasteiger charge is -2.26. The number of aromatic nitrogens is 3. The zero-order valence-electron chi connectivity index (χ0n) is 17.7. The van der Waals surface area contributed by atoms with E-state index in [9.17, 15) is 4.79 Å². The third-order valence-corrected chi connectivity index (χ3v) is 7.79. The summed E-state index contributed by atoms with van der Waals surface area (Å²) in [5, 5.41) is 9.40. The van der Waals surface area contributed by atoms with Crippen LogP contribution in [-0.4, -0.2) is 38.7 Å². The number of carbonyl (C=O) groups is 1. The minimum Gasteiger partial charge on any atom is -0.312 e. The number of benzene rings is 1. The molecule has 0 aliphatic carbocycles. The molecule has 1 aliphatic heterocycles. The van der Waals surface area contributed by atoms with E-state index in [1.165, 1.54) is 15.1 Å². The van der Waals surface area contributed by atoms with Crippen LogP contribution in [0.2, 0.25) is 0 Å². The summed E-state index contributed by atoms with van der Waals surface area (Å²) in [4.78, 5) is 21.7. The highest BCUT2D eigenvalue weighted by Gasteiger charge is 2.28. The maximum absolute atomic E-state index is 13.0. The van der Waals surface area contributed by atoms with Crippen molar-refractivity contribution < 1.29 is 4.79 Å². The number of thiazole rings is 1. The standard InChI is InChI=1S/C23H25N5OS2/c1-3-11-27-12-9-15-19(14-27)31-23(25-21(29)17-10-13-28(4-2)26-17)20(15)22-24-16-7-5-6-8-18(16)30-22/h5-8,10,13H,3-4,9,11-12,14H2,1-2H3,(H,25,29). The van der Waals surface area contributed by atoms with Gasteiger partial charge in [-0.05, 0) is 50.1 Å². The van der Waals surface area contributed by atoms with Crippen LogP contribution in [-0.2, 0) is 19.5 Å². The molecule has 0 atom stereocenters. The maximum Gasteiger partial charge on any atom is 0.276 e. The van der Waals surface area contributed by atoms with Gasteiger partial charge in [0.05, 0.1) is 10.2 Å². The highest BCUT2D eigenvalue weighted by atomic mass is 32.1. The lowest BCUT2D eigenvalue weighted by Crippen LogP contribution is -2.30. The molecule has 0 bridgehead atoms. The van der Waals surface area contributed by atoms with Gasteiger partial charge in [-0.15, -0.1) is 22.7 Å². The zero-order chi connectivity index (χ0) is 21.4. The van der Waals surface area contributed by atoms with Crippen molar-refractivity contribution in [2.45, 2.75) is 39.8 Å². The largest absolute Gasteiger partial charge is 0.312 e. The van der Waals surface area contributed by atoms with E-state index in [4.69, 9.17) is 4.98 Å². The van der Waals surface area contributed by atoms with Crippen LogP contribution in [0.4, 0.5) is 5.00 Å². The number of rotatable bonds is 6. The Bertz CT molecular complexity index is 1210. The van der Waals surface area contributed by atoms with E-state index < -0.39 is 0 Å². The van der Waals surface area contributed by atoms with Gasteiger partial charge in [-0.2, -0.15) is 5.10 Å². The number of hydrogen-bond donors (Lipinski definition) is 1. The molecule has 0 saturated carbocycles. The first-order valence-corrected chi connectivity index (χ1v) is 12.4. The number of nitrogens with one attached hydrogen (secondary N) is 1. The average molecular weight is 452 g/mol. The summed E-state index contributed by atoms with van der Waals surface area (Å²) in [6, 6.07) is 9.99. The van der Waals surface area contributed by atoms with Gasteiger partial charge in [-0.25, -0.2) is 4.98 Å². The summed E-state index contributed by atoms with van der Waals surface area (Å²) < 4.78 is 2.94. The van der Waals surface area contributed by atoms with E-state index >= 15 is 0 Å². The first kappa shape index (κ1) is 20.4. The van der Waals surface area contributed by atoms with Gasteiger partial charge in [-0.3, -0.25) is 14.4 Å². The molecule has 0 saturated heterocycles. The predicted octanol–water partition coefficient (Wildman–Crippen LogP) is 5.26. The van der Waals surface area contributed by atoms with Gasteiger partial charge in [0.2, 0.25) is 0 Å². The number of carbonyl (C=O) groups excluding carboxylic acids is 1. The van der Waals surface area contributed by atoms with E-state index in [0.29, 0.717) is 5.69 Å². The third-order valence-electron chi connectivity index (χ3n) is 5.61. The van der Waals surface area contributed by atoms with Crippen molar-refractivity contribution >= 4 is 43.8 Å². The van der Waals surface area contributed by atoms with Crippen LogP contribution in [0.5, 0.6) is 0 Å². The summed E-state index contributed by atoms with van der Waals surface area (Å²) >= 11 is 3.38. The smallest absolute Gasteiger partial charge is 0.276 e. The van der Waals surface area contributed by atoms with E-state index in [1.54, 1.807) is 33.4 Å². The van der Waals surface area contributed by atoms with E-state index in [1.807, 2.05) is 31.3 Å². The van der Waals surface area contributed by atoms with Gasteiger partial charge in [0.1, 0.15) is 10.0 Å². The van der Waals surface area contributed by atoms with Crippen molar-refractivity contribution in [3.63, 3.8) is 0 Å². The van der Waals surface area contributed by atoms with Gasteiger partial charge in [0, 0.05) is 36.3 Å². The van der Waals surface area contributed by atoms with Crippen LogP contribution in [0.3, 0.4) is 0 Å². The second-order valence-electron chi connectivity index (χ2n) is 7.73. The third kappa shape index (κ3) is 3.91. The van der Waals surface area contributed by atoms with Crippen LogP contribution >= 0.6 is 22.7 Å². The SMILES string of the molecule is CCCN1CCc2c(sc(NC(=O)c3ccn(CC)n3)c2-c2nc3ccccc3s2)C1. The second-order valence-corrected chi connectivity index (χ2v) is 9.87. The quantitative estimate of drug-likeness (QED) is 0.434. The molecule has 31 heavy (non-hydrogen) atoms. The molecule has 1 N–H and O–H groups in total. The number of para-hydroxylation sites is 1. The maximum atomic E-state index is 13.0. The predicted molar refractivity (Wildman–Crippen MR) is 128 cm³/mol. The number of thiophene rings is 1. The zero-order valence-corrected chi connectivity index (χ0v) is 19.4. The molecule has 1 aromatic carbocycles. The molecular formula is C23H25N5OS2. The molecule has 0 radical (unpaired) electrons. The monoisotopic (exact) mass is 451 g/mol. The van der Waals surface area contributed by atoms with Crippen molar-refractivity contribution in [1.82, 2.24) is 19.7 Å². The number of anilines is 1. The Labute approximate surface area is 189 Å². The van der Waals surface area contributed by atoms with Crippen LogP contribution in [0.1, 0.15) is 41.2 Å². The molecule has 1 aliphatic rings. The van der Waals surface area contributed by atoms with Gasteiger partial charge < -0.3 is 5.32 Å². The molecular weight excluding hydrogens is 426 g/mol. The highest BCUT2D eigenvalue weighted by molar-refractivity contribution is 7.22. The molecule has 6 nitrogen and oxygen atoms in total.